The van der Waals surface area contributed by atoms with Crippen molar-refractivity contribution in [1.29, 1.82) is 0 Å². The van der Waals surface area contributed by atoms with Gasteiger partial charge >= 0.3 is 0 Å². The molecule has 0 amide bonds. The minimum absolute atomic E-state index is 0.475. The smallest absolute Gasteiger partial charge is 0.122 e. The van der Waals surface area contributed by atoms with Gasteiger partial charge in [0, 0.05) is 12.6 Å². The normalized spacial score (nSPS) is 10.8. The van der Waals surface area contributed by atoms with Crippen LogP contribution in [0.4, 0.5) is 0 Å². The highest BCUT2D eigenvalue weighted by Gasteiger charge is 2.11. The average Bonchev–Trinajstić information content (AvgIpc) is 2.56. The Balaban J connectivity index is 2.55. The minimum Gasteiger partial charge on any atom is -0.330 e. The van der Waals surface area contributed by atoms with E-state index in [0.29, 0.717) is 6.54 Å². The third-order valence-corrected chi connectivity index (χ3v) is 2.87. The van der Waals surface area contributed by atoms with Gasteiger partial charge in [-0.25, -0.2) is 4.98 Å². The molecule has 2 N–H and O–H groups in total. The molecule has 0 saturated heterocycles. The summed E-state index contributed by atoms with van der Waals surface area (Å²) < 4.78 is 2.07. The Labute approximate surface area is 95.9 Å². The van der Waals surface area contributed by atoms with Crippen molar-refractivity contribution in [3.63, 3.8) is 0 Å². The maximum atomic E-state index is 5.65. The van der Waals surface area contributed by atoms with E-state index in [1.165, 1.54) is 11.1 Å². The number of imidazole rings is 1. The van der Waals surface area contributed by atoms with Gasteiger partial charge in [-0.05, 0) is 13.8 Å². The summed E-state index contributed by atoms with van der Waals surface area (Å²) >= 11 is 0. The molecule has 0 unspecified atom stereocenters. The van der Waals surface area contributed by atoms with Crippen LogP contribution < -0.4 is 5.73 Å². The summed E-state index contributed by atoms with van der Waals surface area (Å²) in [6, 6.07) is 8.48. The molecule has 2 rings (SSSR count). The summed E-state index contributed by atoms with van der Waals surface area (Å²) in [7, 11) is 2.01. The molecule has 0 bridgehead atoms. The molecular formula is C13H17N3. The van der Waals surface area contributed by atoms with Gasteiger partial charge in [0.1, 0.15) is 5.82 Å². The third-order valence-electron chi connectivity index (χ3n) is 2.87. The number of hydrogen-bond acceptors (Lipinski definition) is 2. The quantitative estimate of drug-likeness (QED) is 0.834. The molecule has 84 valence electrons. The number of nitrogens with two attached hydrogens (primary N) is 1. The van der Waals surface area contributed by atoms with E-state index in [2.05, 4.69) is 40.7 Å². The number of aryl methyl sites for hydroxylation is 2. The van der Waals surface area contributed by atoms with Crippen LogP contribution in [0, 0.1) is 13.8 Å². The first-order valence-electron chi connectivity index (χ1n) is 5.42. The largest absolute Gasteiger partial charge is 0.330 e. The highest BCUT2D eigenvalue weighted by Crippen LogP contribution is 2.23. The zero-order valence-corrected chi connectivity index (χ0v) is 9.99. The van der Waals surface area contributed by atoms with Crippen molar-refractivity contribution < 1.29 is 0 Å². The number of hydrogen-bond donors (Lipinski definition) is 1. The van der Waals surface area contributed by atoms with Crippen molar-refractivity contribution in [2.24, 2.45) is 12.8 Å². The molecule has 0 atom stereocenters. The first kappa shape index (κ1) is 10.9. The van der Waals surface area contributed by atoms with E-state index in [0.717, 1.165) is 17.2 Å². The van der Waals surface area contributed by atoms with Crippen molar-refractivity contribution in [1.82, 2.24) is 9.55 Å². The first-order chi connectivity index (χ1) is 7.63. The maximum Gasteiger partial charge on any atom is 0.122 e. The molecule has 0 saturated carbocycles. The fraction of sp³-hybridized carbons (Fsp3) is 0.308. The maximum absolute atomic E-state index is 5.65. The zero-order chi connectivity index (χ0) is 11.7. The fourth-order valence-corrected chi connectivity index (χ4v) is 1.99. The second-order valence-corrected chi connectivity index (χ2v) is 4.09. The minimum atomic E-state index is 0.475. The van der Waals surface area contributed by atoms with Gasteiger partial charge in [-0.1, -0.05) is 29.8 Å². The van der Waals surface area contributed by atoms with E-state index in [-0.39, 0.29) is 0 Å². The number of benzene rings is 1. The van der Waals surface area contributed by atoms with Crippen LogP contribution in [0.3, 0.4) is 0 Å². The van der Waals surface area contributed by atoms with E-state index < -0.39 is 0 Å². The molecule has 0 radical (unpaired) electrons. The Morgan fingerprint density at radius 3 is 2.31 bits per heavy atom. The second-order valence-electron chi connectivity index (χ2n) is 4.09. The van der Waals surface area contributed by atoms with Gasteiger partial charge in [0.25, 0.3) is 0 Å². The lowest BCUT2D eigenvalue weighted by molar-refractivity contribution is 0.798. The van der Waals surface area contributed by atoms with Gasteiger partial charge in [0.05, 0.1) is 17.9 Å². The van der Waals surface area contributed by atoms with Crippen molar-refractivity contribution in [2.45, 2.75) is 20.4 Å². The summed E-state index contributed by atoms with van der Waals surface area (Å²) in [5.41, 5.74) is 10.3. The van der Waals surface area contributed by atoms with E-state index in [4.69, 9.17) is 5.73 Å². The van der Waals surface area contributed by atoms with Crippen LogP contribution >= 0.6 is 0 Å². The SMILES string of the molecule is Cc1ccc(-c2c(C)nc(CN)n2C)cc1. The molecule has 3 heteroatoms. The number of nitrogens with zero attached hydrogens (tertiary/aromatic N) is 2. The zero-order valence-electron chi connectivity index (χ0n) is 9.99. The molecular weight excluding hydrogens is 198 g/mol. The molecule has 1 aromatic carbocycles. The summed E-state index contributed by atoms with van der Waals surface area (Å²) in [5, 5.41) is 0. The van der Waals surface area contributed by atoms with Gasteiger partial charge in [-0.2, -0.15) is 0 Å². The Kier molecular flexibility index (Phi) is 2.79. The summed E-state index contributed by atoms with van der Waals surface area (Å²) in [6.07, 6.45) is 0. The van der Waals surface area contributed by atoms with Crippen molar-refractivity contribution in [2.75, 3.05) is 0 Å². The molecule has 0 fully saturated rings. The van der Waals surface area contributed by atoms with Crippen LogP contribution in [0.25, 0.3) is 11.3 Å². The Morgan fingerprint density at radius 1 is 1.19 bits per heavy atom. The molecule has 0 aliphatic heterocycles. The molecule has 0 aliphatic carbocycles. The highest BCUT2D eigenvalue weighted by molar-refractivity contribution is 5.63. The van der Waals surface area contributed by atoms with Crippen LogP contribution in [0.2, 0.25) is 0 Å². The lowest BCUT2D eigenvalue weighted by Gasteiger charge is -2.06. The van der Waals surface area contributed by atoms with E-state index in [9.17, 15) is 0 Å². The van der Waals surface area contributed by atoms with Crippen LogP contribution in [0.1, 0.15) is 17.1 Å². The first-order valence-corrected chi connectivity index (χ1v) is 5.42. The van der Waals surface area contributed by atoms with Crippen LogP contribution in [-0.2, 0) is 13.6 Å². The Hall–Kier alpha value is -1.61. The summed E-state index contributed by atoms with van der Waals surface area (Å²) in [6.45, 7) is 4.59. The lowest BCUT2D eigenvalue weighted by Crippen LogP contribution is -2.05. The predicted molar refractivity (Wildman–Crippen MR) is 66.0 cm³/mol. The Morgan fingerprint density at radius 2 is 1.81 bits per heavy atom. The number of aromatic nitrogens is 2. The van der Waals surface area contributed by atoms with Crippen molar-refractivity contribution in [3.05, 3.63) is 41.3 Å². The van der Waals surface area contributed by atoms with Gasteiger partial charge in [-0.3, -0.25) is 0 Å². The van der Waals surface area contributed by atoms with Crippen LogP contribution in [0.15, 0.2) is 24.3 Å². The summed E-state index contributed by atoms with van der Waals surface area (Å²) in [5.74, 6) is 0.924. The molecule has 0 aliphatic rings. The number of rotatable bonds is 2. The highest BCUT2D eigenvalue weighted by atomic mass is 15.1. The second kappa shape index (κ2) is 4.10. The van der Waals surface area contributed by atoms with Crippen molar-refractivity contribution >= 4 is 0 Å². The van der Waals surface area contributed by atoms with Gasteiger partial charge < -0.3 is 10.3 Å². The Bertz CT molecular complexity index is 495. The van der Waals surface area contributed by atoms with E-state index in [1.54, 1.807) is 0 Å². The third kappa shape index (κ3) is 1.74. The van der Waals surface area contributed by atoms with Gasteiger partial charge in [-0.15, -0.1) is 0 Å². The molecule has 16 heavy (non-hydrogen) atoms. The summed E-state index contributed by atoms with van der Waals surface area (Å²) in [4.78, 5) is 4.47. The standard InChI is InChI=1S/C13H17N3/c1-9-4-6-11(7-5-9)13-10(2)15-12(8-14)16(13)3/h4-7H,8,14H2,1-3H3. The van der Waals surface area contributed by atoms with Crippen LogP contribution in [-0.4, -0.2) is 9.55 Å². The fourth-order valence-electron chi connectivity index (χ4n) is 1.99. The molecule has 2 aromatic rings. The molecule has 1 aromatic heterocycles. The monoisotopic (exact) mass is 215 g/mol. The molecule has 3 nitrogen and oxygen atoms in total. The predicted octanol–water partition coefficient (Wildman–Crippen LogP) is 2.16. The van der Waals surface area contributed by atoms with E-state index >= 15 is 0 Å². The topological polar surface area (TPSA) is 43.8 Å². The van der Waals surface area contributed by atoms with Gasteiger partial charge in [0.2, 0.25) is 0 Å². The molecule has 0 spiro atoms. The van der Waals surface area contributed by atoms with Gasteiger partial charge in [0.15, 0.2) is 0 Å². The lowest BCUT2D eigenvalue weighted by atomic mass is 10.1. The van der Waals surface area contributed by atoms with Crippen LogP contribution in [0.5, 0.6) is 0 Å². The molecule has 1 heterocycles. The average molecular weight is 215 g/mol. The van der Waals surface area contributed by atoms with Crippen molar-refractivity contribution in [3.8, 4) is 11.3 Å². The van der Waals surface area contributed by atoms with E-state index in [1.807, 2.05) is 14.0 Å².